The van der Waals surface area contributed by atoms with E-state index in [0.29, 0.717) is 11.3 Å². The normalized spacial score (nSPS) is 11.2. The lowest BCUT2D eigenvalue weighted by Gasteiger charge is -2.03. The number of rotatable bonds is 7. The van der Waals surface area contributed by atoms with Gasteiger partial charge in [-0.05, 0) is 59.9 Å². The maximum atomic E-state index is 11.8. The molecule has 1 aromatic carbocycles. The van der Waals surface area contributed by atoms with Crippen LogP contribution in [0.3, 0.4) is 0 Å². The lowest BCUT2D eigenvalue weighted by Crippen LogP contribution is -2.01. The Labute approximate surface area is 144 Å². The van der Waals surface area contributed by atoms with E-state index in [1.807, 2.05) is 18.4 Å². The van der Waals surface area contributed by atoms with Crippen LogP contribution in [-0.2, 0) is 9.59 Å². The number of allylic oxidation sites excluding steroid dienone is 2. The molecule has 1 heterocycles. The van der Waals surface area contributed by atoms with Gasteiger partial charge in [0, 0.05) is 4.88 Å². The summed E-state index contributed by atoms with van der Waals surface area (Å²) >= 11 is 1.55. The zero-order valence-corrected chi connectivity index (χ0v) is 14.3. The van der Waals surface area contributed by atoms with Gasteiger partial charge in [-0.3, -0.25) is 9.59 Å². The fourth-order valence-corrected chi connectivity index (χ4v) is 2.78. The number of hydrogen-bond acceptors (Lipinski definition) is 5. The fraction of sp³-hybridized carbons (Fsp3) is 0.158. The Morgan fingerprint density at radius 2 is 1.88 bits per heavy atom. The van der Waals surface area contributed by atoms with Crippen LogP contribution in [0.4, 0.5) is 0 Å². The summed E-state index contributed by atoms with van der Waals surface area (Å²) in [4.78, 5) is 24.6. The molecule has 0 fully saturated rings. The minimum atomic E-state index is -0.279. The van der Waals surface area contributed by atoms with Crippen molar-refractivity contribution in [2.75, 3.05) is 7.11 Å². The van der Waals surface area contributed by atoms with E-state index >= 15 is 0 Å². The van der Waals surface area contributed by atoms with Gasteiger partial charge in [-0.25, -0.2) is 0 Å². The van der Waals surface area contributed by atoms with Crippen LogP contribution in [-0.4, -0.2) is 23.8 Å². The van der Waals surface area contributed by atoms with Crippen molar-refractivity contribution in [3.63, 3.8) is 0 Å². The number of aryl methyl sites for hydroxylation is 1. The highest BCUT2D eigenvalue weighted by Gasteiger charge is 2.05. The molecule has 2 rings (SSSR count). The molecule has 0 radical (unpaired) electrons. The number of thiophene rings is 1. The van der Waals surface area contributed by atoms with Crippen molar-refractivity contribution < 1.29 is 19.4 Å². The highest BCUT2D eigenvalue weighted by atomic mass is 32.1. The quantitative estimate of drug-likeness (QED) is 0.609. The third kappa shape index (κ3) is 5.21. The third-order valence-corrected chi connectivity index (χ3v) is 4.21. The molecule has 0 aliphatic rings. The van der Waals surface area contributed by atoms with Gasteiger partial charge in [0.15, 0.2) is 23.1 Å². The van der Waals surface area contributed by atoms with Crippen molar-refractivity contribution in [2.24, 2.45) is 0 Å². The van der Waals surface area contributed by atoms with Crippen molar-refractivity contribution in [3.8, 4) is 11.5 Å². The summed E-state index contributed by atoms with van der Waals surface area (Å²) in [5, 5.41) is 11.5. The van der Waals surface area contributed by atoms with Crippen molar-refractivity contribution >= 4 is 35.1 Å². The SMILES string of the molecule is COc1cc(C=CC(=O)CC(=O)C=Cc2cc(C)cs2)ccc1O. The van der Waals surface area contributed by atoms with E-state index in [0.717, 1.165) is 10.4 Å². The second-order valence-electron chi connectivity index (χ2n) is 5.23. The average Bonchev–Trinajstić information content (AvgIpc) is 2.97. The summed E-state index contributed by atoms with van der Waals surface area (Å²) in [6.07, 6.45) is 5.92. The summed E-state index contributed by atoms with van der Waals surface area (Å²) in [7, 11) is 1.45. The number of aromatic hydroxyl groups is 1. The second kappa shape index (κ2) is 8.26. The first-order valence-corrected chi connectivity index (χ1v) is 8.20. The number of methoxy groups -OCH3 is 1. The topological polar surface area (TPSA) is 63.6 Å². The Morgan fingerprint density at radius 1 is 1.17 bits per heavy atom. The molecule has 4 nitrogen and oxygen atoms in total. The van der Waals surface area contributed by atoms with Crippen LogP contribution in [0.25, 0.3) is 12.2 Å². The number of hydrogen-bond donors (Lipinski definition) is 1. The van der Waals surface area contributed by atoms with Crippen LogP contribution in [0.2, 0.25) is 0 Å². The number of ketones is 2. The van der Waals surface area contributed by atoms with Gasteiger partial charge in [0.1, 0.15) is 0 Å². The summed E-state index contributed by atoms with van der Waals surface area (Å²) in [5.74, 6) is -0.155. The molecule has 5 heteroatoms. The molecule has 24 heavy (non-hydrogen) atoms. The van der Waals surface area contributed by atoms with E-state index in [9.17, 15) is 14.7 Å². The standard InChI is InChI=1S/C19H18O4S/c1-13-9-17(24-12-13)7-6-16(21)11-15(20)5-3-14-4-8-18(22)19(10-14)23-2/h3-10,12,22H,11H2,1-2H3. The zero-order chi connectivity index (χ0) is 17.5. The number of phenolic OH excluding ortho intramolecular Hbond substituents is 1. The molecule has 0 unspecified atom stereocenters. The number of phenols is 1. The minimum Gasteiger partial charge on any atom is -0.504 e. The van der Waals surface area contributed by atoms with Crippen molar-refractivity contribution in [3.05, 3.63) is 57.8 Å². The molecular formula is C19H18O4S. The molecule has 0 spiro atoms. The summed E-state index contributed by atoms with van der Waals surface area (Å²) in [5.41, 5.74) is 1.85. The van der Waals surface area contributed by atoms with Crippen LogP contribution >= 0.6 is 11.3 Å². The third-order valence-electron chi connectivity index (χ3n) is 3.20. The Hall–Kier alpha value is -2.66. The van der Waals surface area contributed by atoms with Gasteiger partial charge in [-0.2, -0.15) is 0 Å². The van der Waals surface area contributed by atoms with Crippen LogP contribution in [0, 0.1) is 6.92 Å². The Balaban J connectivity index is 1.92. The molecule has 0 saturated carbocycles. The van der Waals surface area contributed by atoms with E-state index in [2.05, 4.69) is 0 Å². The molecule has 124 valence electrons. The molecule has 0 bridgehead atoms. The predicted octanol–water partition coefficient (Wildman–Crippen LogP) is 4.03. The number of carbonyl (C=O) groups is 2. The predicted molar refractivity (Wildman–Crippen MR) is 96.4 cm³/mol. The van der Waals surface area contributed by atoms with Gasteiger partial charge in [0.25, 0.3) is 0 Å². The average molecular weight is 342 g/mol. The van der Waals surface area contributed by atoms with E-state index in [1.165, 1.54) is 25.3 Å². The molecule has 0 saturated heterocycles. The molecule has 2 aromatic rings. The van der Waals surface area contributed by atoms with Crippen molar-refractivity contribution in [1.29, 1.82) is 0 Å². The van der Waals surface area contributed by atoms with Gasteiger partial charge >= 0.3 is 0 Å². The molecule has 0 amide bonds. The van der Waals surface area contributed by atoms with Crippen molar-refractivity contribution in [2.45, 2.75) is 13.3 Å². The van der Waals surface area contributed by atoms with Crippen LogP contribution < -0.4 is 4.74 Å². The minimum absolute atomic E-state index is 0.0325. The number of benzene rings is 1. The van der Waals surface area contributed by atoms with E-state index < -0.39 is 0 Å². The first-order valence-electron chi connectivity index (χ1n) is 7.32. The summed E-state index contributed by atoms with van der Waals surface area (Å²) in [6, 6.07) is 6.73. The Bertz CT molecular complexity index is 799. The van der Waals surface area contributed by atoms with Gasteiger partial charge in [-0.1, -0.05) is 12.1 Å². The molecular weight excluding hydrogens is 324 g/mol. The zero-order valence-electron chi connectivity index (χ0n) is 13.5. The molecule has 0 aliphatic carbocycles. The summed E-state index contributed by atoms with van der Waals surface area (Å²) < 4.78 is 5.00. The summed E-state index contributed by atoms with van der Waals surface area (Å²) in [6.45, 7) is 1.99. The number of carbonyl (C=O) groups excluding carboxylic acids is 2. The highest BCUT2D eigenvalue weighted by molar-refractivity contribution is 7.11. The molecule has 1 aromatic heterocycles. The second-order valence-corrected chi connectivity index (χ2v) is 6.18. The Morgan fingerprint density at radius 3 is 2.50 bits per heavy atom. The fourth-order valence-electron chi connectivity index (χ4n) is 1.99. The van der Waals surface area contributed by atoms with E-state index in [-0.39, 0.29) is 23.7 Å². The van der Waals surface area contributed by atoms with Crippen LogP contribution in [0.1, 0.15) is 22.4 Å². The van der Waals surface area contributed by atoms with Gasteiger partial charge < -0.3 is 9.84 Å². The van der Waals surface area contributed by atoms with Gasteiger partial charge in [-0.15, -0.1) is 11.3 Å². The van der Waals surface area contributed by atoms with E-state index in [1.54, 1.807) is 35.6 Å². The van der Waals surface area contributed by atoms with E-state index in [4.69, 9.17) is 4.74 Å². The van der Waals surface area contributed by atoms with Crippen molar-refractivity contribution in [1.82, 2.24) is 0 Å². The lowest BCUT2D eigenvalue weighted by atomic mass is 10.1. The highest BCUT2D eigenvalue weighted by Crippen LogP contribution is 2.26. The van der Waals surface area contributed by atoms with Crippen LogP contribution in [0.5, 0.6) is 11.5 Å². The number of ether oxygens (including phenoxy) is 1. The first kappa shape index (κ1) is 17.7. The largest absolute Gasteiger partial charge is 0.504 e. The maximum absolute atomic E-state index is 11.8. The van der Waals surface area contributed by atoms with Gasteiger partial charge in [0.2, 0.25) is 0 Å². The molecule has 0 aliphatic heterocycles. The van der Waals surface area contributed by atoms with Crippen LogP contribution in [0.15, 0.2) is 41.8 Å². The first-order chi connectivity index (χ1) is 11.5. The smallest absolute Gasteiger partial charge is 0.163 e. The Kier molecular flexibility index (Phi) is 6.09. The van der Waals surface area contributed by atoms with Gasteiger partial charge in [0.05, 0.1) is 13.5 Å². The molecule has 1 N–H and O–H groups in total. The molecule has 0 atom stereocenters. The monoisotopic (exact) mass is 342 g/mol. The maximum Gasteiger partial charge on any atom is 0.163 e. The lowest BCUT2D eigenvalue weighted by molar-refractivity contribution is -0.121.